The number of amides is 2. The fourth-order valence-electron chi connectivity index (χ4n) is 7.80. The number of unbranched alkanes of at least 4 members (excludes halogenated alkanes) is 17. The molecule has 0 spiro atoms. The minimum absolute atomic E-state index is 0.115. The number of rotatable bonds is 31. The monoisotopic (exact) mass is 713 g/mol. The van der Waals surface area contributed by atoms with Gasteiger partial charge in [0.05, 0.1) is 0 Å². The predicted molar refractivity (Wildman–Crippen MR) is 220 cm³/mol. The molecule has 0 bridgehead atoms. The molecule has 1 aliphatic carbocycles. The Balaban J connectivity index is 1.87. The molecule has 1 unspecified atom stereocenters. The maximum atomic E-state index is 14.0. The van der Waals surface area contributed by atoms with Crippen molar-refractivity contribution in [1.29, 1.82) is 0 Å². The molecule has 1 atom stereocenters. The summed E-state index contributed by atoms with van der Waals surface area (Å²) in [5, 5.41) is 3.44. The Morgan fingerprint density at radius 3 is 1.82 bits per heavy atom. The molecule has 2 aliphatic rings. The smallest absolute Gasteiger partial charge is 0.243 e. The van der Waals surface area contributed by atoms with Gasteiger partial charge in [0.25, 0.3) is 0 Å². The first-order valence-corrected chi connectivity index (χ1v) is 22.4. The van der Waals surface area contributed by atoms with E-state index in [0.29, 0.717) is 13.0 Å². The van der Waals surface area contributed by atoms with Crippen LogP contribution in [0, 0.1) is 0 Å². The average molecular weight is 713 g/mol. The van der Waals surface area contributed by atoms with Crippen LogP contribution in [-0.4, -0.2) is 84.9 Å². The average Bonchev–Trinajstić information content (AvgIpc) is 3.14. The van der Waals surface area contributed by atoms with E-state index in [4.69, 9.17) is 0 Å². The van der Waals surface area contributed by atoms with Gasteiger partial charge < -0.3 is 15.1 Å². The van der Waals surface area contributed by atoms with Gasteiger partial charge in [-0.1, -0.05) is 154 Å². The lowest BCUT2D eigenvalue weighted by Gasteiger charge is -2.37. The highest BCUT2D eigenvalue weighted by atomic mass is 16.2. The van der Waals surface area contributed by atoms with Crippen LogP contribution >= 0.6 is 0 Å². The topological polar surface area (TPSA) is 55.9 Å². The molecule has 6 nitrogen and oxygen atoms in total. The van der Waals surface area contributed by atoms with Crippen molar-refractivity contribution in [3.05, 3.63) is 24.3 Å². The van der Waals surface area contributed by atoms with Crippen LogP contribution in [-0.2, 0) is 9.59 Å². The van der Waals surface area contributed by atoms with Crippen LogP contribution in [0.3, 0.4) is 0 Å². The fourth-order valence-corrected chi connectivity index (χ4v) is 7.80. The molecule has 2 rings (SSSR count). The molecule has 296 valence electrons. The highest BCUT2D eigenvalue weighted by Gasteiger charge is 2.31. The Morgan fingerprint density at radius 2 is 1.20 bits per heavy atom. The summed E-state index contributed by atoms with van der Waals surface area (Å²) in [6.45, 7) is 10.3. The van der Waals surface area contributed by atoms with E-state index >= 15 is 0 Å². The van der Waals surface area contributed by atoms with Crippen molar-refractivity contribution in [2.24, 2.45) is 0 Å². The Hall–Kier alpha value is -1.66. The first kappa shape index (κ1) is 45.5. The highest BCUT2D eigenvalue weighted by molar-refractivity contribution is 5.87. The first-order valence-electron chi connectivity index (χ1n) is 22.4. The number of nitrogens with one attached hydrogen (secondary N) is 1. The first-order chi connectivity index (χ1) is 25.0. The molecule has 6 heteroatoms. The SMILES string of the molecule is CCCCC/C=C\C/C=C\CCCCCCCC(=O)N(CCN1CCN(C)CC1)C(CCCCCCCCCCCC)C(=O)NC1CCCCC1. The van der Waals surface area contributed by atoms with E-state index in [2.05, 4.69) is 60.3 Å². The van der Waals surface area contributed by atoms with Crippen molar-refractivity contribution < 1.29 is 9.59 Å². The summed E-state index contributed by atoms with van der Waals surface area (Å²) < 4.78 is 0. The van der Waals surface area contributed by atoms with Crippen LogP contribution in [0.4, 0.5) is 0 Å². The van der Waals surface area contributed by atoms with E-state index < -0.39 is 0 Å². The second-order valence-corrected chi connectivity index (χ2v) is 16.0. The number of allylic oxidation sites excluding steroid dienone is 4. The Bertz CT molecular complexity index is 891. The number of piperazine rings is 1. The number of nitrogens with zero attached hydrogens (tertiary/aromatic N) is 3. The minimum atomic E-state index is -0.334. The predicted octanol–water partition coefficient (Wildman–Crippen LogP) is 11.0. The summed E-state index contributed by atoms with van der Waals surface area (Å²) in [6.07, 6.45) is 42.3. The lowest BCUT2D eigenvalue weighted by molar-refractivity contribution is -0.141. The molecule has 0 radical (unpaired) electrons. The number of hydrogen-bond donors (Lipinski definition) is 1. The lowest BCUT2D eigenvalue weighted by atomic mass is 9.94. The molecule has 0 aromatic rings. The quantitative estimate of drug-likeness (QED) is 0.0574. The van der Waals surface area contributed by atoms with Gasteiger partial charge in [0.2, 0.25) is 11.8 Å². The number of carbonyl (C=O) groups excluding carboxylic acids is 2. The van der Waals surface area contributed by atoms with E-state index in [1.54, 1.807) is 0 Å². The molecule has 0 aromatic heterocycles. The summed E-state index contributed by atoms with van der Waals surface area (Å²) in [4.78, 5) is 35.0. The van der Waals surface area contributed by atoms with Crippen LogP contribution in [0.15, 0.2) is 24.3 Å². The third kappa shape index (κ3) is 23.6. The normalized spacial score (nSPS) is 17.1. The highest BCUT2D eigenvalue weighted by Crippen LogP contribution is 2.21. The summed E-state index contributed by atoms with van der Waals surface area (Å²) in [7, 11) is 2.19. The molecule has 51 heavy (non-hydrogen) atoms. The fraction of sp³-hybridized carbons (Fsp3) is 0.867. The zero-order valence-electron chi connectivity index (χ0n) is 34.2. The van der Waals surface area contributed by atoms with Crippen molar-refractivity contribution in [1.82, 2.24) is 20.0 Å². The lowest BCUT2D eigenvalue weighted by Crippen LogP contribution is -2.54. The second-order valence-electron chi connectivity index (χ2n) is 16.0. The van der Waals surface area contributed by atoms with Crippen LogP contribution in [0.25, 0.3) is 0 Å². The third-order valence-electron chi connectivity index (χ3n) is 11.4. The molecule has 2 amide bonds. The van der Waals surface area contributed by atoms with Crippen molar-refractivity contribution in [3.8, 4) is 0 Å². The minimum Gasteiger partial charge on any atom is -0.352 e. The van der Waals surface area contributed by atoms with Gasteiger partial charge in [0.1, 0.15) is 6.04 Å². The molecule has 2 fully saturated rings. The number of likely N-dealkylation sites (N-methyl/N-ethyl adjacent to an activating group) is 1. The van der Waals surface area contributed by atoms with E-state index in [9.17, 15) is 9.59 Å². The molecule has 0 aromatic carbocycles. The molecule has 1 saturated heterocycles. The van der Waals surface area contributed by atoms with E-state index in [1.165, 1.54) is 116 Å². The van der Waals surface area contributed by atoms with Gasteiger partial charge in [-0.2, -0.15) is 0 Å². The summed E-state index contributed by atoms with van der Waals surface area (Å²) in [6, 6.07) is -0.0585. The van der Waals surface area contributed by atoms with Gasteiger partial charge in [-0.25, -0.2) is 0 Å². The van der Waals surface area contributed by atoms with Crippen molar-refractivity contribution >= 4 is 11.8 Å². The maximum Gasteiger partial charge on any atom is 0.243 e. The largest absolute Gasteiger partial charge is 0.352 e. The van der Waals surface area contributed by atoms with Gasteiger partial charge in [-0.05, 0) is 64.8 Å². The van der Waals surface area contributed by atoms with Crippen molar-refractivity contribution in [3.63, 3.8) is 0 Å². The van der Waals surface area contributed by atoms with Gasteiger partial charge in [-0.3, -0.25) is 14.5 Å². The second kappa shape index (κ2) is 31.8. The van der Waals surface area contributed by atoms with E-state index in [-0.39, 0.29) is 23.9 Å². The summed E-state index contributed by atoms with van der Waals surface area (Å²) >= 11 is 0. The Morgan fingerprint density at radius 1 is 0.667 bits per heavy atom. The standard InChI is InChI=1S/C45H84N4O2/c1-4-6-8-10-12-14-16-17-18-19-20-22-24-26-31-35-44(50)49(41-40-48-38-36-47(3)37-39-48)43(45(51)46-42-32-28-27-29-33-42)34-30-25-23-21-15-13-11-9-7-5-2/h12,14,17-18,42-43H,4-11,13,15-16,19-41H2,1-3H3,(H,46,51)/b14-12-,18-17-. The van der Waals surface area contributed by atoms with Crippen molar-refractivity contribution in [2.75, 3.05) is 46.3 Å². The number of hydrogen-bond acceptors (Lipinski definition) is 4. The number of carbonyl (C=O) groups is 2. The molecule has 1 N–H and O–H groups in total. The molecule has 1 aliphatic heterocycles. The Labute approximate surface area is 317 Å². The van der Waals surface area contributed by atoms with Crippen LogP contribution < -0.4 is 5.32 Å². The van der Waals surface area contributed by atoms with Gasteiger partial charge >= 0.3 is 0 Å². The molecular formula is C45H84N4O2. The van der Waals surface area contributed by atoms with Gasteiger partial charge in [0.15, 0.2) is 0 Å². The molecule has 1 heterocycles. The molecular weight excluding hydrogens is 629 g/mol. The van der Waals surface area contributed by atoms with Gasteiger partial charge in [0, 0.05) is 51.7 Å². The van der Waals surface area contributed by atoms with Crippen molar-refractivity contribution in [2.45, 2.75) is 206 Å². The summed E-state index contributed by atoms with van der Waals surface area (Å²) in [5.41, 5.74) is 0. The third-order valence-corrected chi connectivity index (χ3v) is 11.4. The van der Waals surface area contributed by atoms with E-state index in [1.807, 2.05) is 4.90 Å². The zero-order valence-corrected chi connectivity index (χ0v) is 34.2. The van der Waals surface area contributed by atoms with Crippen LogP contribution in [0.5, 0.6) is 0 Å². The maximum absolute atomic E-state index is 14.0. The van der Waals surface area contributed by atoms with Gasteiger partial charge in [-0.15, -0.1) is 0 Å². The zero-order chi connectivity index (χ0) is 36.6. The Kier molecular flexibility index (Phi) is 28.4. The summed E-state index contributed by atoms with van der Waals surface area (Å²) in [5.74, 6) is 0.315. The molecule has 1 saturated carbocycles. The van der Waals surface area contributed by atoms with Crippen LogP contribution in [0.2, 0.25) is 0 Å². The van der Waals surface area contributed by atoms with E-state index in [0.717, 1.165) is 90.5 Å². The van der Waals surface area contributed by atoms with Crippen LogP contribution in [0.1, 0.15) is 194 Å².